The first-order valence-electron chi connectivity index (χ1n) is 6.64. The Kier molecular flexibility index (Phi) is 13.3. The van der Waals surface area contributed by atoms with Gasteiger partial charge in [0.1, 0.15) is 0 Å². The molecule has 0 aliphatic heterocycles. The fraction of sp³-hybridized carbons (Fsp3) is 0.857. The van der Waals surface area contributed by atoms with Crippen LogP contribution in [0.3, 0.4) is 0 Å². The number of rotatable bonds is 6. The molecule has 0 amide bonds. The number of esters is 2. The van der Waals surface area contributed by atoms with Gasteiger partial charge in [0.15, 0.2) is 0 Å². The Labute approximate surface area is 111 Å². The van der Waals surface area contributed by atoms with E-state index in [-0.39, 0.29) is 11.9 Å². The summed E-state index contributed by atoms with van der Waals surface area (Å²) >= 11 is 0. The van der Waals surface area contributed by atoms with Crippen LogP contribution < -0.4 is 0 Å². The fourth-order valence-electron chi connectivity index (χ4n) is 1.11. The van der Waals surface area contributed by atoms with Crippen LogP contribution in [0.2, 0.25) is 0 Å². The second kappa shape index (κ2) is 12.4. The summed E-state index contributed by atoms with van der Waals surface area (Å²) in [5.41, 5.74) is 0. The summed E-state index contributed by atoms with van der Waals surface area (Å²) in [5, 5.41) is 0. The predicted molar refractivity (Wildman–Crippen MR) is 72.2 cm³/mol. The van der Waals surface area contributed by atoms with Crippen molar-refractivity contribution in [2.45, 2.75) is 54.4 Å². The van der Waals surface area contributed by atoms with E-state index in [2.05, 4.69) is 0 Å². The van der Waals surface area contributed by atoms with Gasteiger partial charge in [-0.05, 0) is 25.7 Å². The maximum Gasteiger partial charge on any atom is 0.306 e. The molecule has 108 valence electrons. The Bertz CT molecular complexity index is 198. The molecule has 0 unspecified atom stereocenters. The van der Waals surface area contributed by atoms with Crippen LogP contribution in [-0.2, 0) is 19.1 Å². The van der Waals surface area contributed by atoms with Crippen LogP contribution in [0.15, 0.2) is 0 Å². The molecule has 0 saturated carbocycles. The Morgan fingerprint density at radius 2 is 1.06 bits per heavy atom. The van der Waals surface area contributed by atoms with Crippen LogP contribution >= 0.6 is 0 Å². The molecule has 0 rings (SSSR count). The van der Waals surface area contributed by atoms with Crippen LogP contribution in [0.4, 0.5) is 0 Å². The van der Waals surface area contributed by atoms with Crippen LogP contribution in [0.25, 0.3) is 0 Å². The Morgan fingerprint density at radius 3 is 1.22 bits per heavy atom. The highest BCUT2D eigenvalue weighted by Crippen LogP contribution is 2.00. The number of carbonyl (C=O) groups excluding carboxylic acids is 2. The van der Waals surface area contributed by atoms with Gasteiger partial charge >= 0.3 is 11.9 Å². The van der Waals surface area contributed by atoms with Crippen molar-refractivity contribution in [3.05, 3.63) is 0 Å². The molecule has 0 aromatic heterocycles. The summed E-state index contributed by atoms with van der Waals surface area (Å²) in [5.74, 6) is 0.632. The second-order valence-electron chi connectivity index (χ2n) is 4.81. The average molecular weight is 260 g/mol. The summed E-state index contributed by atoms with van der Waals surface area (Å²) < 4.78 is 9.43. The Hall–Kier alpha value is -1.06. The minimum atomic E-state index is -0.0903. The quantitative estimate of drug-likeness (QED) is 0.688. The van der Waals surface area contributed by atoms with Crippen LogP contribution in [0.5, 0.6) is 0 Å². The minimum absolute atomic E-state index is 0.0903. The lowest BCUT2D eigenvalue weighted by atomic mass is 10.1. The molecule has 0 heterocycles. The summed E-state index contributed by atoms with van der Waals surface area (Å²) in [6.45, 7) is 12.6. The fourth-order valence-corrected chi connectivity index (χ4v) is 1.11. The van der Waals surface area contributed by atoms with Gasteiger partial charge in [0.25, 0.3) is 0 Å². The van der Waals surface area contributed by atoms with Gasteiger partial charge in [-0.3, -0.25) is 9.59 Å². The van der Waals surface area contributed by atoms with E-state index in [9.17, 15) is 9.59 Å². The van der Waals surface area contributed by atoms with Crippen molar-refractivity contribution in [2.75, 3.05) is 13.2 Å². The summed E-state index contributed by atoms with van der Waals surface area (Å²) in [6.07, 6.45) is 1.07. The molecule has 0 radical (unpaired) electrons. The smallest absolute Gasteiger partial charge is 0.306 e. The van der Waals surface area contributed by atoms with Crippen LogP contribution in [-0.4, -0.2) is 25.2 Å². The van der Waals surface area contributed by atoms with Crippen molar-refractivity contribution in [1.82, 2.24) is 0 Å². The molecule has 4 heteroatoms. The van der Waals surface area contributed by atoms with Gasteiger partial charge in [-0.15, -0.1) is 0 Å². The average Bonchev–Trinajstić information content (AvgIpc) is 2.16. The maximum atomic E-state index is 10.6. The lowest BCUT2D eigenvalue weighted by Crippen LogP contribution is -2.06. The highest BCUT2D eigenvalue weighted by molar-refractivity contribution is 5.69. The van der Waals surface area contributed by atoms with Crippen molar-refractivity contribution < 1.29 is 19.1 Å². The Balaban J connectivity index is 0. The third kappa shape index (κ3) is 17.3. The van der Waals surface area contributed by atoms with E-state index in [1.165, 1.54) is 0 Å². The van der Waals surface area contributed by atoms with Gasteiger partial charge in [0, 0.05) is 12.8 Å². The van der Waals surface area contributed by atoms with E-state index in [0.717, 1.165) is 0 Å². The topological polar surface area (TPSA) is 52.6 Å². The highest BCUT2D eigenvalue weighted by atomic mass is 16.5. The first-order chi connectivity index (χ1) is 8.33. The molecular formula is C14H28O4. The van der Waals surface area contributed by atoms with Crippen molar-refractivity contribution in [3.8, 4) is 0 Å². The number of carbonyl (C=O) groups is 2. The van der Waals surface area contributed by atoms with Crippen LogP contribution in [0.1, 0.15) is 54.4 Å². The van der Waals surface area contributed by atoms with Crippen molar-refractivity contribution in [1.29, 1.82) is 0 Å². The molecule has 18 heavy (non-hydrogen) atoms. The van der Waals surface area contributed by atoms with E-state index < -0.39 is 0 Å². The summed E-state index contributed by atoms with van der Waals surface area (Å²) in [7, 11) is 0. The third-order valence-electron chi connectivity index (χ3n) is 1.76. The maximum absolute atomic E-state index is 10.6. The van der Waals surface area contributed by atoms with E-state index in [4.69, 9.17) is 9.47 Å². The normalized spacial score (nSPS) is 9.78. The molecule has 0 aliphatic rings. The van der Waals surface area contributed by atoms with E-state index in [1.807, 2.05) is 41.5 Å². The zero-order valence-corrected chi connectivity index (χ0v) is 12.6. The molecule has 0 spiro atoms. The lowest BCUT2D eigenvalue weighted by Gasteiger charge is -2.02. The Morgan fingerprint density at radius 1 is 0.778 bits per heavy atom. The van der Waals surface area contributed by atoms with Gasteiger partial charge in [0.05, 0.1) is 13.2 Å². The third-order valence-corrected chi connectivity index (χ3v) is 1.76. The number of ether oxygens (including phenoxy) is 2. The van der Waals surface area contributed by atoms with Gasteiger partial charge in [0.2, 0.25) is 0 Å². The molecule has 0 saturated heterocycles. The summed E-state index contributed by atoms with van der Waals surface area (Å²) in [4.78, 5) is 21.3. The highest BCUT2D eigenvalue weighted by Gasteiger charge is 2.03. The molecule has 0 aliphatic carbocycles. The number of hydrogen-bond acceptors (Lipinski definition) is 4. The zero-order valence-electron chi connectivity index (χ0n) is 12.6. The molecule has 0 fully saturated rings. The van der Waals surface area contributed by atoms with Crippen molar-refractivity contribution >= 4 is 11.9 Å². The van der Waals surface area contributed by atoms with E-state index >= 15 is 0 Å². The van der Waals surface area contributed by atoms with Crippen LogP contribution in [0, 0.1) is 11.8 Å². The molecule has 0 N–H and O–H groups in total. The first kappa shape index (κ1) is 19.3. The summed E-state index contributed by atoms with van der Waals surface area (Å²) in [6, 6.07) is 0. The SMILES string of the molecule is CCOC(=O)CC(C)C.CCOC(=O)CC(C)C. The van der Waals surface area contributed by atoms with Crippen molar-refractivity contribution in [3.63, 3.8) is 0 Å². The zero-order chi connectivity index (χ0) is 14.6. The van der Waals surface area contributed by atoms with Gasteiger partial charge in [-0.1, -0.05) is 27.7 Å². The number of hydrogen-bond donors (Lipinski definition) is 0. The van der Waals surface area contributed by atoms with E-state index in [1.54, 1.807) is 0 Å². The van der Waals surface area contributed by atoms with E-state index in [0.29, 0.717) is 37.9 Å². The predicted octanol–water partition coefficient (Wildman–Crippen LogP) is 3.19. The molecule has 0 aromatic rings. The first-order valence-corrected chi connectivity index (χ1v) is 6.64. The monoisotopic (exact) mass is 260 g/mol. The van der Waals surface area contributed by atoms with Crippen molar-refractivity contribution in [2.24, 2.45) is 11.8 Å². The molecule has 4 nitrogen and oxygen atoms in total. The minimum Gasteiger partial charge on any atom is -0.466 e. The van der Waals surface area contributed by atoms with Gasteiger partial charge in [-0.25, -0.2) is 0 Å². The second-order valence-corrected chi connectivity index (χ2v) is 4.81. The lowest BCUT2D eigenvalue weighted by molar-refractivity contribution is -0.144. The largest absolute Gasteiger partial charge is 0.466 e. The van der Waals surface area contributed by atoms with Gasteiger partial charge in [-0.2, -0.15) is 0 Å². The standard InChI is InChI=1S/2C7H14O2/c2*1-4-9-7(8)5-6(2)3/h2*6H,4-5H2,1-3H3. The molecule has 0 aromatic carbocycles. The molecule has 0 bridgehead atoms. The van der Waals surface area contributed by atoms with Gasteiger partial charge < -0.3 is 9.47 Å². The molecular weight excluding hydrogens is 232 g/mol. The molecule has 0 atom stereocenters.